The van der Waals surface area contributed by atoms with Crippen LogP contribution in [-0.4, -0.2) is 55.0 Å². The SMILES string of the molecule is Nc1ccc(C(=O)N(CCO)C2CCS(=O)(=O)C2)c(Cl)c1. The van der Waals surface area contributed by atoms with Gasteiger partial charge in [0.1, 0.15) is 0 Å². The lowest BCUT2D eigenvalue weighted by atomic mass is 10.1. The highest BCUT2D eigenvalue weighted by Crippen LogP contribution is 2.24. The number of halogens is 1. The maximum absolute atomic E-state index is 12.6. The first-order chi connectivity index (χ1) is 9.84. The number of aliphatic hydroxyl groups is 1. The lowest BCUT2D eigenvalue weighted by Crippen LogP contribution is -2.43. The molecule has 0 aromatic heterocycles. The third-order valence-corrected chi connectivity index (χ3v) is 5.54. The van der Waals surface area contributed by atoms with E-state index >= 15 is 0 Å². The second-order valence-electron chi connectivity index (χ2n) is 5.02. The van der Waals surface area contributed by atoms with Gasteiger partial charge in [0.2, 0.25) is 0 Å². The predicted molar refractivity (Wildman–Crippen MR) is 81.0 cm³/mol. The number of carbonyl (C=O) groups excluding carboxylic acids is 1. The lowest BCUT2D eigenvalue weighted by Gasteiger charge is -2.28. The third-order valence-electron chi connectivity index (χ3n) is 3.47. The van der Waals surface area contributed by atoms with Gasteiger partial charge >= 0.3 is 0 Å². The molecule has 8 heteroatoms. The lowest BCUT2D eigenvalue weighted by molar-refractivity contribution is 0.0655. The molecule has 0 bridgehead atoms. The summed E-state index contributed by atoms with van der Waals surface area (Å²) in [5.74, 6) is -0.413. The monoisotopic (exact) mass is 332 g/mol. The van der Waals surface area contributed by atoms with Gasteiger partial charge in [0.25, 0.3) is 5.91 Å². The standard InChI is InChI=1S/C13H17ClN2O4S/c14-12-7-9(15)1-2-11(12)13(18)16(4-5-17)10-3-6-21(19,20)8-10/h1-2,7,10,17H,3-6,8,15H2. The molecular weight excluding hydrogens is 316 g/mol. The first-order valence-corrected chi connectivity index (χ1v) is 8.71. The molecule has 1 saturated heterocycles. The molecule has 1 unspecified atom stereocenters. The van der Waals surface area contributed by atoms with Crippen molar-refractivity contribution in [3.63, 3.8) is 0 Å². The van der Waals surface area contributed by atoms with Crippen molar-refractivity contribution in [2.45, 2.75) is 12.5 Å². The first kappa shape index (κ1) is 16.1. The van der Waals surface area contributed by atoms with E-state index in [9.17, 15) is 13.2 Å². The van der Waals surface area contributed by atoms with Crippen molar-refractivity contribution < 1.29 is 18.3 Å². The van der Waals surface area contributed by atoms with E-state index in [4.69, 9.17) is 22.4 Å². The largest absolute Gasteiger partial charge is 0.399 e. The molecule has 0 spiro atoms. The van der Waals surface area contributed by atoms with Crippen LogP contribution in [0.4, 0.5) is 5.69 Å². The Morgan fingerprint density at radius 3 is 2.71 bits per heavy atom. The number of amides is 1. The summed E-state index contributed by atoms with van der Waals surface area (Å²) in [5, 5.41) is 9.35. The molecule has 3 N–H and O–H groups in total. The van der Waals surface area contributed by atoms with Crippen LogP contribution < -0.4 is 5.73 Å². The molecular formula is C13H17ClN2O4S. The molecule has 1 amide bonds. The van der Waals surface area contributed by atoms with Gasteiger partial charge in [0, 0.05) is 18.3 Å². The Bertz CT molecular complexity index is 648. The molecule has 0 radical (unpaired) electrons. The summed E-state index contributed by atoms with van der Waals surface area (Å²) in [5.41, 5.74) is 6.28. The fraction of sp³-hybridized carbons (Fsp3) is 0.462. The number of hydrogen-bond acceptors (Lipinski definition) is 5. The molecule has 6 nitrogen and oxygen atoms in total. The molecule has 1 aromatic rings. The molecule has 1 fully saturated rings. The van der Waals surface area contributed by atoms with Gasteiger partial charge in [-0.2, -0.15) is 0 Å². The van der Waals surface area contributed by atoms with Crippen LogP contribution in [0.1, 0.15) is 16.8 Å². The maximum atomic E-state index is 12.6. The van der Waals surface area contributed by atoms with E-state index in [1.807, 2.05) is 0 Å². The number of rotatable bonds is 4. The van der Waals surface area contributed by atoms with E-state index in [1.165, 1.54) is 17.0 Å². The van der Waals surface area contributed by atoms with E-state index < -0.39 is 21.8 Å². The second kappa shape index (κ2) is 6.21. The third kappa shape index (κ3) is 3.66. The second-order valence-corrected chi connectivity index (χ2v) is 7.65. The molecule has 0 saturated carbocycles. The molecule has 1 aliphatic heterocycles. The van der Waals surface area contributed by atoms with E-state index in [2.05, 4.69) is 0 Å². The van der Waals surface area contributed by atoms with Gasteiger partial charge in [-0.05, 0) is 24.6 Å². The number of hydrogen-bond donors (Lipinski definition) is 2. The molecule has 1 aromatic carbocycles. The number of nitrogens with two attached hydrogens (primary N) is 1. The maximum Gasteiger partial charge on any atom is 0.255 e. The van der Waals surface area contributed by atoms with E-state index in [0.29, 0.717) is 12.1 Å². The predicted octanol–water partition coefficient (Wildman–Crippen LogP) is 0.544. The van der Waals surface area contributed by atoms with Crippen LogP contribution in [0.15, 0.2) is 18.2 Å². The van der Waals surface area contributed by atoms with Crippen molar-refractivity contribution in [2.75, 3.05) is 30.4 Å². The van der Waals surface area contributed by atoms with Crippen molar-refractivity contribution in [3.05, 3.63) is 28.8 Å². The van der Waals surface area contributed by atoms with Crippen LogP contribution >= 0.6 is 11.6 Å². The number of sulfone groups is 1. The fourth-order valence-corrected chi connectivity index (χ4v) is 4.44. The molecule has 21 heavy (non-hydrogen) atoms. The van der Waals surface area contributed by atoms with Gasteiger partial charge < -0.3 is 15.7 Å². The van der Waals surface area contributed by atoms with Crippen molar-refractivity contribution in [1.82, 2.24) is 4.90 Å². The highest BCUT2D eigenvalue weighted by Gasteiger charge is 2.35. The van der Waals surface area contributed by atoms with Gasteiger partial charge in [-0.3, -0.25) is 4.79 Å². The van der Waals surface area contributed by atoms with Crippen molar-refractivity contribution in [3.8, 4) is 0 Å². The highest BCUT2D eigenvalue weighted by molar-refractivity contribution is 7.91. The number of carbonyl (C=O) groups is 1. The molecule has 116 valence electrons. The average molecular weight is 333 g/mol. The normalized spacial score (nSPS) is 20.4. The summed E-state index contributed by atoms with van der Waals surface area (Å²) in [7, 11) is -3.12. The zero-order chi connectivity index (χ0) is 15.6. The van der Waals surface area contributed by atoms with Gasteiger partial charge in [0.15, 0.2) is 9.84 Å². The number of aliphatic hydroxyl groups excluding tert-OH is 1. The molecule has 2 rings (SSSR count). The quantitative estimate of drug-likeness (QED) is 0.784. The van der Waals surface area contributed by atoms with Crippen LogP contribution in [0, 0.1) is 0 Å². The minimum atomic E-state index is -3.12. The summed E-state index contributed by atoms with van der Waals surface area (Å²) >= 11 is 6.02. The van der Waals surface area contributed by atoms with Crippen LogP contribution in [0.25, 0.3) is 0 Å². The smallest absolute Gasteiger partial charge is 0.255 e. The molecule has 1 aliphatic rings. The van der Waals surface area contributed by atoms with Crippen LogP contribution in [-0.2, 0) is 9.84 Å². The summed E-state index contributed by atoms with van der Waals surface area (Å²) in [6, 6.07) is 4.11. The Labute approximate surface area is 128 Å². The van der Waals surface area contributed by atoms with Crippen LogP contribution in [0.5, 0.6) is 0 Å². The summed E-state index contributed by atoms with van der Waals surface area (Å²) in [4.78, 5) is 13.9. The Morgan fingerprint density at radius 1 is 1.48 bits per heavy atom. The Morgan fingerprint density at radius 2 is 2.19 bits per heavy atom. The average Bonchev–Trinajstić information content (AvgIpc) is 2.75. The Hall–Kier alpha value is -1.31. The van der Waals surface area contributed by atoms with Crippen molar-refractivity contribution in [2.24, 2.45) is 0 Å². The van der Waals surface area contributed by atoms with Gasteiger partial charge in [-0.15, -0.1) is 0 Å². The minimum absolute atomic E-state index is 0.0579. The number of anilines is 1. The fourth-order valence-electron chi connectivity index (χ4n) is 2.44. The molecule has 0 aliphatic carbocycles. The molecule has 1 heterocycles. The minimum Gasteiger partial charge on any atom is -0.399 e. The highest BCUT2D eigenvalue weighted by atomic mass is 35.5. The van der Waals surface area contributed by atoms with Crippen molar-refractivity contribution >= 4 is 33.0 Å². The van der Waals surface area contributed by atoms with Gasteiger partial charge in [0.05, 0.1) is 28.7 Å². The Balaban J connectivity index is 2.27. The van der Waals surface area contributed by atoms with Crippen LogP contribution in [0.2, 0.25) is 5.02 Å². The van der Waals surface area contributed by atoms with E-state index in [-0.39, 0.29) is 35.2 Å². The van der Waals surface area contributed by atoms with Crippen LogP contribution in [0.3, 0.4) is 0 Å². The Kier molecular flexibility index (Phi) is 4.75. The first-order valence-electron chi connectivity index (χ1n) is 6.51. The van der Waals surface area contributed by atoms with Crippen molar-refractivity contribution in [1.29, 1.82) is 0 Å². The summed E-state index contributed by atoms with van der Waals surface area (Å²) in [6.45, 7) is -0.172. The van der Waals surface area contributed by atoms with E-state index in [1.54, 1.807) is 6.07 Å². The van der Waals surface area contributed by atoms with Gasteiger partial charge in [-0.25, -0.2) is 8.42 Å². The zero-order valence-electron chi connectivity index (χ0n) is 11.3. The number of benzene rings is 1. The number of nitrogen functional groups attached to an aromatic ring is 1. The van der Waals surface area contributed by atoms with E-state index in [0.717, 1.165) is 0 Å². The molecule has 1 atom stereocenters. The topological polar surface area (TPSA) is 101 Å². The summed E-state index contributed by atoms with van der Waals surface area (Å²) in [6.07, 6.45) is 0.376. The number of nitrogens with zero attached hydrogens (tertiary/aromatic N) is 1. The van der Waals surface area contributed by atoms with Gasteiger partial charge in [-0.1, -0.05) is 11.6 Å². The summed E-state index contributed by atoms with van der Waals surface area (Å²) < 4.78 is 23.2. The zero-order valence-corrected chi connectivity index (χ0v) is 12.9.